The molecule has 0 bridgehead atoms. The van der Waals surface area contributed by atoms with Crippen LogP contribution in [-0.2, 0) is 0 Å². The molecule has 0 saturated carbocycles. The third kappa shape index (κ3) is 4.84. The number of hydrogen-bond acceptors (Lipinski definition) is 3. The Labute approximate surface area is 116 Å². The van der Waals surface area contributed by atoms with Crippen molar-refractivity contribution in [3.05, 3.63) is 29.8 Å². The normalized spacial score (nSPS) is 20.4. The van der Waals surface area contributed by atoms with Gasteiger partial charge in [-0.1, -0.05) is 12.1 Å². The number of likely N-dealkylation sites (tertiary alicyclic amines) is 1. The van der Waals surface area contributed by atoms with Crippen molar-refractivity contribution >= 4 is 0 Å². The molecule has 2 N–H and O–H groups in total. The molecule has 19 heavy (non-hydrogen) atoms. The molecular formula is C16H26N2O. The van der Waals surface area contributed by atoms with Crippen LogP contribution in [0.4, 0.5) is 0 Å². The first-order chi connectivity index (χ1) is 9.28. The lowest BCUT2D eigenvalue weighted by Gasteiger charge is -2.31. The molecule has 1 atom stereocenters. The third-order valence-electron chi connectivity index (χ3n) is 3.81. The Kier molecular flexibility index (Phi) is 5.67. The van der Waals surface area contributed by atoms with Gasteiger partial charge >= 0.3 is 0 Å². The summed E-state index contributed by atoms with van der Waals surface area (Å²) in [7, 11) is 0. The predicted octanol–water partition coefficient (Wildman–Crippen LogP) is 2.43. The lowest BCUT2D eigenvalue weighted by atomic mass is 9.98. The molecule has 1 fully saturated rings. The van der Waals surface area contributed by atoms with Crippen LogP contribution in [0.25, 0.3) is 0 Å². The lowest BCUT2D eigenvalue weighted by Crippen LogP contribution is -2.39. The number of piperidine rings is 1. The van der Waals surface area contributed by atoms with Gasteiger partial charge in [-0.3, -0.25) is 0 Å². The fourth-order valence-corrected chi connectivity index (χ4v) is 2.73. The van der Waals surface area contributed by atoms with Crippen molar-refractivity contribution in [1.82, 2.24) is 4.90 Å². The Hall–Kier alpha value is -1.06. The molecule has 1 unspecified atom stereocenters. The van der Waals surface area contributed by atoms with Gasteiger partial charge in [-0.05, 0) is 62.9 Å². The SMILES string of the molecule is Cc1cccc(OCCCN2CCCC(CN)C2)c1. The minimum absolute atomic E-state index is 0.700. The van der Waals surface area contributed by atoms with Crippen molar-refractivity contribution in [2.45, 2.75) is 26.2 Å². The van der Waals surface area contributed by atoms with Crippen molar-refractivity contribution < 1.29 is 4.74 Å². The van der Waals surface area contributed by atoms with E-state index < -0.39 is 0 Å². The van der Waals surface area contributed by atoms with Crippen LogP contribution in [0.5, 0.6) is 5.75 Å². The summed E-state index contributed by atoms with van der Waals surface area (Å²) in [5.74, 6) is 1.69. The Morgan fingerprint density at radius 1 is 1.42 bits per heavy atom. The van der Waals surface area contributed by atoms with E-state index in [1.54, 1.807) is 0 Å². The summed E-state index contributed by atoms with van der Waals surface area (Å²) < 4.78 is 5.78. The highest BCUT2D eigenvalue weighted by atomic mass is 16.5. The van der Waals surface area contributed by atoms with Gasteiger partial charge in [0.1, 0.15) is 5.75 Å². The number of rotatable bonds is 6. The zero-order chi connectivity index (χ0) is 13.5. The van der Waals surface area contributed by atoms with Crippen LogP contribution in [0, 0.1) is 12.8 Å². The zero-order valence-electron chi connectivity index (χ0n) is 12.0. The van der Waals surface area contributed by atoms with E-state index in [1.807, 2.05) is 12.1 Å². The fraction of sp³-hybridized carbons (Fsp3) is 0.625. The van der Waals surface area contributed by atoms with Crippen LogP contribution in [0.2, 0.25) is 0 Å². The summed E-state index contributed by atoms with van der Waals surface area (Å²) in [5.41, 5.74) is 7.01. The molecule has 1 aromatic rings. The van der Waals surface area contributed by atoms with Crippen LogP contribution in [-0.4, -0.2) is 37.7 Å². The highest BCUT2D eigenvalue weighted by Gasteiger charge is 2.17. The number of aryl methyl sites for hydroxylation is 1. The average molecular weight is 262 g/mol. The minimum atomic E-state index is 0.700. The van der Waals surface area contributed by atoms with E-state index in [0.717, 1.165) is 31.9 Å². The second-order valence-electron chi connectivity index (χ2n) is 5.56. The van der Waals surface area contributed by atoms with E-state index in [2.05, 4.69) is 24.0 Å². The molecule has 0 aliphatic carbocycles. The quantitative estimate of drug-likeness (QED) is 0.800. The summed E-state index contributed by atoms with van der Waals surface area (Å²) in [5, 5.41) is 0. The molecule has 1 aromatic carbocycles. The van der Waals surface area contributed by atoms with E-state index in [0.29, 0.717) is 5.92 Å². The second-order valence-corrected chi connectivity index (χ2v) is 5.56. The molecule has 1 heterocycles. The molecule has 1 aliphatic rings. The van der Waals surface area contributed by atoms with Gasteiger partial charge in [-0.15, -0.1) is 0 Å². The van der Waals surface area contributed by atoms with E-state index >= 15 is 0 Å². The van der Waals surface area contributed by atoms with E-state index in [-0.39, 0.29) is 0 Å². The van der Waals surface area contributed by atoms with Crippen molar-refractivity contribution in [1.29, 1.82) is 0 Å². The Bertz CT molecular complexity index is 381. The smallest absolute Gasteiger partial charge is 0.119 e. The fourth-order valence-electron chi connectivity index (χ4n) is 2.73. The van der Waals surface area contributed by atoms with Crippen molar-refractivity contribution in [3.8, 4) is 5.75 Å². The maximum Gasteiger partial charge on any atom is 0.119 e. The first-order valence-electron chi connectivity index (χ1n) is 7.40. The number of hydrogen-bond donors (Lipinski definition) is 1. The molecule has 0 amide bonds. The largest absolute Gasteiger partial charge is 0.494 e. The highest BCUT2D eigenvalue weighted by Crippen LogP contribution is 2.16. The molecule has 2 rings (SSSR count). The molecular weight excluding hydrogens is 236 g/mol. The summed E-state index contributed by atoms with van der Waals surface area (Å²) in [6, 6.07) is 8.25. The van der Waals surface area contributed by atoms with E-state index in [4.69, 9.17) is 10.5 Å². The first-order valence-corrected chi connectivity index (χ1v) is 7.40. The summed E-state index contributed by atoms with van der Waals surface area (Å²) in [6.07, 6.45) is 3.68. The molecule has 1 aliphatic heterocycles. The van der Waals surface area contributed by atoms with E-state index in [1.165, 1.54) is 31.5 Å². The summed E-state index contributed by atoms with van der Waals surface area (Å²) in [4.78, 5) is 2.53. The summed E-state index contributed by atoms with van der Waals surface area (Å²) in [6.45, 7) is 7.24. The van der Waals surface area contributed by atoms with Crippen molar-refractivity contribution in [2.75, 3.05) is 32.8 Å². The monoisotopic (exact) mass is 262 g/mol. The van der Waals surface area contributed by atoms with Crippen LogP contribution in [0.3, 0.4) is 0 Å². The highest BCUT2D eigenvalue weighted by molar-refractivity contribution is 5.27. The summed E-state index contributed by atoms with van der Waals surface area (Å²) >= 11 is 0. The molecule has 0 spiro atoms. The van der Waals surface area contributed by atoms with Crippen molar-refractivity contribution in [3.63, 3.8) is 0 Å². The third-order valence-corrected chi connectivity index (χ3v) is 3.81. The van der Waals surface area contributed by atoms with Gasteiger partial charge in [0, 0.05) is 13.1 Å². The zero-order valence-corrected chi connectivity index (χ0v) is 12.0. The predicted molar refractivity (Wildman–Crippen MR) is 79.5 cm³/mol. The van der Waals surface area contributed by atoms with Crippen LogP contribution in [0.1, 0.15) is 24.8 Å². The lowest BCUT2D eigenvalue weighted by molar-refractivity contribution is 0.165. The topological polar surface area (TPSA) is 38.5 Å². The van der Waals surface area contributed by atoms with Crippen LogP contribution in [0.15, 0.2) is 24.3 Å². The molecule has 3 heteroatoms. The molecule has 0 aromatic heterocycles. The van der Waals surface area contributed by atoms with Gasteiger partial charge in [0.05, 0.1) is 6.61 Å². The van der Waals surface area contributed by atoms with Crippen molar-refractivity contribution in [2.24, 2.45) is 11.7 Å². The minimum Gasteiger partial charge on any atom is -0.494 e. The van der Waals surface area contributed by atoms with Crippen LogP contribution < -0.4 is 10.5 Å². The number of nitrogens with two attached hydrogens (primary N) is 1. The maximum atomic E-state index is 5.78. The first kappa shape index (κ1) is 14.4. The Balaban J connectivity index is 1.64. The van der Waals surface area contributed by atoms with Gasteiger partial charge in [0.25, 0.3) is 0 Å². The van der Waals surface area contributed by atoms with Gasteiger partial charge in [-0.2, -0.15) is 0 Å². The second kappa shape index (κ2) is 7.51. The molecule has 3 nitrogen and oxygen atoms in total. The number of benzene rings is 1. The van der Waals surface area contributed by atoms with Gasteiger partial charge < -0.3 is 15.4 Å². The van der Waals surface area contributed by atoms with Gasteiger partial charge in [0.15, 0.2) is 0 Å². The molecule has 106 valence electrons. The van der Waals surface area contributed by atoms with Crippen LogP contribution >= 0.6 is 0 Å². The number of ether oxygens (including phenoxy) is 1. The van der Waals surface area contributed by atoms with E-state index in [9.17, 15) is 0 Å². The number of nitrogens with zero attached hydrogens (tertiary/aromatic N) is 1. The Morgan fingerprint density at radius 2 is 2.32 bits per heavy atom. The van der Waals surface area contributed by atoms with Gasteiger partial charge in [0.2, 0.25) is 0 Å². The molecule has 1 saturated heterocycles. The standard InChI is InChI=1S/C16H26N2O/c1-14-5-2-7-16(11-14)19-10-4-9-18-8-3-6-15(12-17)13-18/h2,5,7,11,15H,3-4,6,8-10,12-13,17H2,1H3. The maximum absolute atomic E-state index is 5.78. The average Bonchev–Trinajstić information content (AvgIpc) is 2.44. The Morgan fingerprint density at radius 3 is 3.11 bits per heavy atom. The van der Waals surface area contributed by atoms with Gasteiger partial charge in [-0.25, -0.2) is 0 Å². The molecule has 0 radical (unpaired) electrons.